The highest BCUT2D eigenvalue weighted by atomic mass is 32.2. The largest absolute Gasteiger partial charge is 0.291 e. The number of aromatic nitrogens is 5. The second-order valence-electron chi connectivity index (χ2n) is 3.53. The number of carbonyl (C=O) groups excluding carboxylic acids is 1. The summed E-state index contributed by atoms with van der Waals surface area (Å²) in [4.78, 5) is 24.4. The molecule has 2 N–H and O–H groups in total. The van der Waals surface area contributed by atoms with Crippen LogP contribution in [-0.4, -0.2) is 37.3 Å². The lowest BCUT2D eigenvalue weighted by Gasteiger charge is -2.09. The summed E-state index contributed by atoms with van der Waals surface area (Å²) < 4.78 is 0. The Balaban J connectivity index is 2.35. The van der Waals surface area contributed by atoms with Crippen LogP contribution < -0.4 is 5.32 Å². The number of anilines is 1. The number of aryl methyl sites for hydroxylation is 2. The summed E-state index contributed by atoms with van der Waals surface area (Å²) in [6.07, 6.45) is 3.19. The number of H-pyrrole nitrogens is 1. The maximum atomic E-state index is 12.1. The standard InChI is InChI=1S/C10H12N6OS/c1-5-7(9(18-3)14-6(2)13-5)8(17)15-10-11-4-12-16-10/h4H,1-3H3,(H2,11,12,15,16,17). The molecule has 0 saturated heterocycles. The molecule has 0 radical (unpaired) electrons. The Hall–Kier alpha value is -1.96. The van der Waals surface area contributed by atoms with E-state index in [9.17, 15) is 4.79 Å². The Morgan fingerprint density at radius 3 is 2.78 bits per heavy atom. The van der Waals surface area contributed by atoms with E-state index in [4.69, 9.17) is 0 Å². The number of thioether (sulfide) groups is 1. The van der Waals surface area contributed by atoms with E-state index in [2.05, 4.69) is 30.5 Å². The molecule has 0 aliphatic rings. The smallest absolute Gasteiger partial charge is 0.262 e. The molecule has 8 heteroatoms. The summed E-state index contributed by atoms with van der Waals surface area (Å²) in [5.74, 6) is 0.647. The van der Waals surface area contributed by atoms with Crippen LogP contribution in [0.2, 0.25) is 0 Å². The van der Waals surface area contributed by atoms with E-state index in [0.29, 0.717) is 28.1 Å². The van der Waals surface area contributed by atoms with Crippen molar-refractivity contribution in [1.29, 1.82) is 0 Å². The predicted molar refractivity (Wildman–Crippen MR) is 67.6 cm³/mol. The fourth-order valence-corrected chi connectivity index (χ4v) is 2.19. The molecule has 0 aliphatic heterocycles. The van der Waals surface area contributed by atoms with Gasteiger partial charge in [0.1, 0.15) is 17.2 Å². The predicted octanol–water partition coefficient (Wildman–Crippen LogP) is 1.19. The SMILES string of the molecule is CSc1nc(C)nc(C)c1C(=O)Nc1ncn[nH]1. The van der Waals surface area contributed by atoms with E-state index in [1.165, 1.54) is 18.1 Å². The van der Waals surface area contributed by atoms with E-state index < -0.39 is 0 Å². The molecule has 0 aliphatic carbocycles. The van der Waals surface area contributed by atoms with E-state index in [-0.39, 0.29) is 5.91 Å². The topological polar surface area (TPSA) is 96.5 Å². The molecule has 0 atom stereocenters. The van der Waals surface area contributed by atoms with Crippen LogP contribution in [0.25, 0.3) is 0 Å². The quantitative estimate of drug-likeness (QED) is 0.638. The lowest BCUT2D eigenvalue weighted by atomic mass is 10.2. The molecule has 0 unspecified atom stereocenters. The Morgan fingerprint density at radius 1 is 1.39 bits per heavy atom. The van der Waals surface area contributed by atoms with Crippen molar-refractivity contribution in [3.63, 3.8) is 0 Å². The number of amides is 1. The van der Waals surface area contributed by atoms with Crippen LogP contribution in [0.1, 0.15) is 21.9 Å². The summed E-state index contributed by atoms with van der Waals surface area (Å²) in [5, 5.41) is 9.49. The van der Waals surface area contributed by atoms with Gasteiger partial charge in [0.15, 0.2) is 0 Å². The number of nitrogens with zero attached hydrogens (tertiary/aromatic N) is 4. The maximum absolute atomic E-state index is 12.1. The number of hydrogen-bond donors (Lipinski definition) is 2. The van der Waals surface area contributed by atoms with Crippen molar-refractivity contribution >= 4 is 23.6 Å². The fourth-order valence-electron chi connectivity index (χ4n) is 1.53. The van der Waals surface area contributed by atoms with Gasteiger partial charge in [0.2, 0.25) is 5.95 Å². The molecule has 0 fully saturated rings. The minimum Gasteiger partial charge on any atom is -0.291 e. The lowest BCUT2D eigenvalue weighted by molar-refractivity contribution is 0.102. The molecule has 0 spiro atoms. The zero-order chi connectivity index (χ0) is 13.1. The van der Waals surface area contributed by atoms with Crippen molar-refractivity contribution in [2.45, 2.75) is 18.9 Å². The molecule has 2 rings (SSSR count). The van der Waals surface area contributed by atoms with Gasteiger partial charge in [-0.15, -0.1) is 11.8 Å². The van der Waals surface area contributed by atoms with Crippen molar-refractivity contribution in [2.24, 2.45) is 0 Å². The second-order valence-corrected chi connectivity index (χ2v) is 4.32. The average molecular weight is 264 g/mol. The summed E-state index contributed by atoms with van der Waals surface area (Å²) >= 11 is 1.41. The average Bonchev–Trinajstić information content (AvgIpc) is 2.80. The summed E-state index contributed by atoms with van der Waals surface area (Å²) in [6, 6.07) is 0. The molecule has 2 aromatic rings. The van der Waals surface area contributed by atoms with Crippen LogP contribution in [0.4, 0.5) is 5.95 Å². The molecule has 18 heavy (non-hydrogen) atoms. The van der Waals surface area contributed by atoms with Gasteiger partial charge >= 0.3 is 0 Å². The van der Waals surface area contributed by atoms with Crippen LogP contribution in [0.5, 0.6) is 0 Å². The Kier molecular flexibility index (Phi) is 3.56. The molecular formula is C10H12N6OS. The van der Waals surface area contributed by atoms with E-state index in [1.807, 2.05) is 6.26 Å². The van der Waals surface area contributed by atoms with Crippen LogP contribution >= 0.6 is 11.8 Å². The molecular weight excluding hydrogens is 252 g/mol. The van der Waals surface area contributed by atoms with Crippen LogP contribution in [0.15, 0.2) is 11.4 Å². The molecule has 0 bridgehead atoms. The van der Waals surface area contributed by atoms with Gasteiger partial charge in [0, 0.05) is 0 Å². The molecule has 2 aromatic heterocycles. The number of nitrogens with one attached hydrogen (secondary N) is 2. The van der Waals surface area contributed by atoms with E-state index in [0.717, 1.165) is 0 Å². The highest BCUT2D eigenvalue weighted by Gasteiger charge is 2.18. The van der Waals surface area contributed by atoms with Crippen molar-refractivity contribution in [1.82, 2.24) is 25.1 Å². The number of hydrogen-bond acceptors (Lipinski definition) is 6. The molecule has 7 nitrogen and oxygen atoms in total. The molecule has 94 valence electrons. The van der Waals surface area contributed by atoms with Crippen molar-refractivity contribution in [3.8, 4) is 0 Å². The first-order valence-electron chi connectivity index (χ1n) is 5.17. The zero-order valence-electron chi connectivity index (χ0n) is 10.2. The monoisotopic (exact) mass is 264 g/mol. The highest BCUT2D eigenvalue weighted by Crippen LogP contribution is 2.21. The lowest BCUT2D eigenvalue weighted by Crippen LogP contribution is -2.17. The van der Waals surface area contributed by atoms with Gasteiger partial charge in [-0.2, -0.15) is 10.1 Å². The summed E-state index contributed by atoms with van der Waals surface area (Å²) in [7, 11) is 0. The molecule has 0 saturated carbocycles. The van der Waals surface area contributed by atoms with Crippen molar-refractivity contribution < 1.29 is 4.79 Å². The van der Waals surface area contributed by atoms with Gasteiger partial charge in [-0.05, 0) is 20.1 Å². The Bertz CT molecular complexity index is 568. The van der Waals surface area contributed by atoms with Crippen molar-refractivity contribution in [2.75, 3.05) is 11.6 Å². The van der Waals surface area contributed by atoms with Gasteiger partial charge in [0.25, 0.3) is 5.91 Å². The van der Waals surface area contributed by atoms with Gasteiger partial charge in [-0.3, -0.25) is 10.1 Å². The van der Waals surface area contributed by atoms with Gasteiger partial charge in [0.05, 0.1) is 11.3 Å². The maximum Gasteiger partial charge on any atom is 0.262 e. The van der Waals surface area contributed by atoms with Gasteiger partial charge in [-0.25, -0.2) is 15.1 Å². The minimum absolute atomic E-state index is 0.298. The molecule has 1 amide bonds. The normalized spacial score (nSPS) is 10.4. The first-order valence-corrected chi connectivity index (χ1v) is 6.40. The van der Waals surface area contributed by atoms with Crippen molar-refractivity contribution in [3.05, 3.63) is 23.4 Å². The molecule has 0 aromatic carbocycles. The summed E-state index contributed by atoms with van der Waals surface area (Å²) in [6.45, 7) is 3.58. The third-order valence-electron chi connectivity index (χ3n) is 2.24. The Labute approximate surface area is 108 Å². The first-order chi connectivity index (χ1) is 8.61. The molecule has 2 heterocycles. The summed E-state index contributed by atoms with van der Waals surface area (Å²) in [5.41, 5.74) is 1.10. The Morgan fingerprint density at radius 2 is 2.17 bits per heavy atom. The second kappa shape index (κ2) is 5.13. The van der Waals surface area contributed by atoms with Gasteiger partial charge < -0.3 is 0 Å². The fraction of sp³-hybridized carbons (Fsp3) is 0.300. The zero-order valence-corrected chi connectivity index (χ0v) is 11.0. The van der Waals surface area contributed by atoms with E-state index in [1.54, 1.807) is 13.8 Å². The van der Waals surface area contributed by atoms with Gasteiger partial charge in [-0.1, -0.05) is 0 Å². The van der Waals surface area contributed by atoms with Crippen LogP contribution in [-0.2, 0) is 0 Å². The first kappa shape index (κ1) is 12.5. The van der Waals surface area contributed by atoms with Crippen LogP contribution in [0, 0.1) is 13.8 Å². The highest BCUT2D eigenvalue weighted by molar-refractivity contribution is 7.98. The van der Waals surface area contributed by atoms with E-state index >= 15 is 0 Å². The van der Waals surface area contributed by atoms with Crippen LogP contribution in [0.3, 0.4) is 0 Å². The third-order valence-corrected chi connectivity index (χ3v) is 2.92. The number of carbonyl (C=O) groups is 1. The number of aromatic amines is 1. The third kappa shape index (κ3) is 2.48. The number of rotatable bonds is 3. The minimum atomic E-state index is -0.298.